The Kier molecular flexibility index (Phi) is 5.57. The lowest BCUT2D eigenvalue weighted by Crippen LogP contribution is -2.29. The van der Waals surface area contributed by atoms with Crippen molar-refractivity contribution in [3.8, 4) is 0 Å². The second kappa shape index (κ2) is 7.01. The first-order valence-corrected chi connectivity index (χ1v) is 5.70. The van der Waals surface area contributed by atoms with Crippen LogP contribution in [0.1, 0.15) is 24.8 Å². The predicted octanol–water partition coefficient (Wildman–Crippen LogP) is 1.52. The van der Waals surface area contributed by atoms with Crippen LogP contribution in [0.15, 0.2) is 30.3 Å². The number of hydrogen-bond acceptors (Lipinski definition) is 2. The molecule has 0 aliphatic carbocycles. The molecule has 0 aliphatic rings. The monoisotopic (exact) mass is 220 g/mol. The molecule has 88 valence electrons. The first-order chi connectivity index (χ1) is 7.74. The van der Waals surface area contributed by atoms with Gasteiger partial charge < -0.3 is 10.6 Å². The summed E-state index contributed by atoms with van der Waals surface area (Å²) in [5.74, 6) is 0.469. The normalized spacial score (nSPS) is 12.1. The minimum Gasteiger partial charge on any atom is -0.355 e. The topological polar surface area (TPSA) is 41.1 Å². The van der Waals surface area contributed by atoms with Crippen molar-refractivity contribution in [1.29, 1.82) is 0 Å². The van der Waals surface area contributed by atoms with Gasteiger partial charge in [-0.2, -0.15) is 0 Å². The molecule has 0 aliphatic heterocycles. The van der Waals surface area contributed by atoms with E-state index in [0.29, 0.717) is 18.9 Å². The first kappa shape index (κ1) is 12.7. The van der Waals surface area contributed by atoms with Gasteiger partial charge in [-0.05, 0) is 18.5 Å². The van der Waals surface area contributed by atoms with Crippen molar-refractivity contribution in [1.82, 2.24) is 10.6 Å². The van der Waals surface area contributed by atoms with Gasteiger partial charge in [-0.25, -0.2) is 0 Å². The summed E-state index contributed by atoms with van der Waals surface area (Å²) >= 11 is 0. The van der Waals surface area contributed by atoms with Crippen LogP contribution in [0.3, 0.4) is 0 Å². The van der Waals surface area contributed by atoms with Gasteiger partial charge in [-0.15, -0.1) is 0 Å². The fourth-order valence-electron chi connectivity index (χ4n) is 1.49. The van der Waals surface area contributed by atoms with Crippen LogP contribution in [0, 0.1) is 0 Å². The SMILES string of the molecule is CNCCC(=O)NCC(C)c1ccccc1. The summed E-state index contributed by atoms with van der Waals surface area (Å²) in [7, 11) is 1.85. The van der Waals surface area contributed by atoms with Gasteiger partial charge in [0.25, 0.3) is 0 Å². The average Bonchev–Trinajstić information content (AvgIpc) is 2.34. The third-order valence-electron chi connectivity index (χ3n) is 2.58. The zero-order valence-corrected chi connectivity index (χ0v) is 9.99. The third kappa shape index (κ3) is 4.45. The van der Waals surface area contributed by atoms with Gasteiger partial charge in [0.15, 0.2) is 0 Å². The van der Waals surface area contributed by atoms with Crippen LogP contribution >= 0.6 is 0 Å². The van der Waals surface area contributed by atoms with Crippen LogP contribution in [-0.2, 0) is 4.79 Å². The van der Waals surface area contributed by atoms with E-state index in [1.807, 2.05) is 25.2 Å². The number of benzene rings is 1. The summed E-state index contributed by atoms with van der Waals surface area (Å²) < 4.78 is 0. The lowest BCUT2D eigenvalue weighted by atomic mass is 10.0. The zero-order chi connectivity index (χ0) is 11.8. The second-order valence-electron chi connectivity index (χ2n) is 3.97. The molecule has 0 saturated carbocycles. The van der Waals surface area contributed by atoms with E-state index in [4.69, 9.17) is 0 Å². The number of amides is 1. The van der Waals surface area contributed by atoms with E-state index in [-0.39, 0.29) is 5.91 Å². The van der Waals surface area contributed by atoms with E-state index >= 15 is 0 Å². The van der Waals surface area contributed by atoms with Crippen LogP contribution in [-0.4, -0.2) is 26.0 Å². The van der Waals surface area contributed by atoms with E-state index in [1.54, 1.807) is 0 Å². The fraction of sp³-hybridized carbons (Fsp3) is 0.462. The maximum Gasteiger partial charge on any atom is 0.221 e. The molecule has 0 spiro atoms. The third-order valence-corrected chi connectivity index (χ3v) is 2.58. The number of nitrogens with one attached hydrogen (secondary N) is 2. The molecule has 0 fully saturated rings. The quantitative estimate of drug-likeness (QED) is 0.763. The molecule has 2 N–H and O–H groups in total. The van der Waals surface area contributed by atoms with Crippen LogP contribution in [0.25, 0.3) is 0 Å². The summed E-state index contributed by atoms with van der Waals surface area (Å²) in [6, 6.07) is 10.2. The molecular formula is C13H20N2O. The second-order valence-corrected chi connectivity index (χ2v) is 3.97. The van der Waals surface area contributed by atoms with E-state index in [1.165, 1.54) is 5.56 Å². The Morgan fingerprint density at radius 1 is 1.31 bits per heavy atom. The Morgan fingerprint density at radius 2 is 2.00 bits per heavy atom. The van der Waals surface area contributed by atoms with Gasteiger partial charge in [0.2, 0.25) is 5.91 Å². The van der Waals surface area contributed by atoms with Gasteiger partial charge >= 0.3 is 0 Å². The Hall–Kier alpha value is -1.35. The van der Waals surface area contributed by atoms with Crippen LogP contribution in [0.4, 0.5) is 0 Å². The standard InChI is InChI=1S/C13H20N2O/c1-11(12-6-4-3-5-7-12)10-15-13(16)8-9-14-2/h3-7,11,14H,8-10H2,1-2H3,(H,15,16). The molecule has 1 unspecified atom stereocenters. The highest BCUT2D eigenvalue weighted by Crippen LogP contribution is 2.12. The molecule has 1 amide bonds. The highest BCUT2D eigenvalue weighted by Gasteiger charge is 2.06. The van der Waals surface area contributed by atoms with Crippen LogP contribution < -0.4 is 10.6 Å². The lowest BCUT2D eigenvalue weighted by Gasteiger charge is -2.12. The zero-order valence-electron chi connectivity index (χ0n) is 9.99. The molecule has 1 aromatic carbocycles. The molecule has 3 heteroatoms. The van der Waals surface area contributed by atoms with Crippen LogP contribution in [0.2, 0.25) is 0 Å². The molecule has 1 rings (SSSR count). The van der Waals surface area contributed by atoms with Crippen molar-refractivity contribution in [2.24, 2.45) is 0 Å². The number of hydrogen-bond donors (Lipinski definition) is 2. The number of carbonyl (C=O) groups excluding carboxylic acids is 1. The summed E-state index contributed by atoms with van der Waals surface area (Å²) in [5.41, 5.74) is 1.26. The van der Waals surface area contributed by atoms with Crippen molar-refractivity contribution in [3.63, 3.8) is 0 Å². The summed E-state index contributed by atoms with van der Waals surface area (Å²) in [6.07, 6.45) is 0.540. The van der Waals surface area contributed by atoms with E-state index in [2.05, 4.69) is 29.7 Å². The summed E-state index contributed by atoms with van der Waals surface area (Å²) in [4.78, 5) is 11.4. The van der Waals surface area contributed by atoms with Crippen molar-refractivity contribution >= 4 is 5.91 Å². The van der Waals surface area contributed by atoms with E-state index < -0.39 is 0 Å². The minimum absolute atomic E-state index is 0.108. The van der Waals surface area contributed by atoms with Crippen molar-refractivity contribution in [2.45, 2.75) is 19.3 Å². The molecule has 1 aromatic rings. The fourth-order valence-corrected chi connectivity index (χ4v) is 1.49. The van der Waals surface area contributed by atoms with Gasteiger partial charge in [-0.1, -0.05) is 37.3 Å². The van der Waals surface area contributed by atoms with E-state index in [9.17, 15) is 4.79 Å². The van der Waals surface area contributed by atoms with Gasteiger partial charge in [0.1, 0.15) is 0 Å². The molecule has 3 nitrogen and oxygen atoms in total. The highest BCUT2D eigenvalue weighted by atomic mass is 16.1. The molecule has 0 radical (unpaired) electrons. The van der Waals surface area contributed by atoms with E-state index in [0.717, 1.165) is 6.54 Å². The molecule has 0 aromatic heterocycles. The Balaban J connectivity index is 2.30. The first-order valence-electron chi connectivity index (χ1n) is 5.70. The minimum atomic E-state index is 0.108. The summed E-state index contributed by atoms with van der Waals surface area (Å²) in [5, 5.41) is 5.89. The number of carbonyl (C=O) groups is 1. The Labute approximate surface area is 97.2 Å². The van der Waals surface area contributed by atoms with Gasteiger partial charge in [0.05, 0.1) is 0 Å². The highest BCUT2D eigenvalue weighted by molar-refractivity contribution is 5.76. The van der Waals surface area contributed by atoms with Crippen LogP contribution in [0.5, 0.6) is 0 Å². The largest absolute Gasteiger partial charge is 0.355 e. The van der Waals surface area contributed by atoms with Crippen molar-refractivity contribution in [3.05, 3.63) is 35.9 Å². The molecule has 0 heterocycles. The molecule has 0 bridgehead atoms. The van der Waals surface area contributed by atoms with Crippen molar-refractivity contribution in [2.75, 3.05) is 20.1 Å². The average molecular weight is 220 g/mol. The van der Waals surface area contributed by atoms with Gasteiger partial charge in [0, 0.05) is 19.5 Å². The Morgan fingerprint density at radius 3 is 2.62 bits per heavy atom. The number of rotatable bonds is 6. The molecule has 16 heavy (non-hydrogen) atoms. The summed E-state index contributed by atoms with van der Waals surface area (Å²) in [6.45, 7) is 3.55. The lowest BCUT2D eigenvalue weighted by molar-refractivity contribution is -0.121. The van der Waals surface area contributed by atoms with Gasteiger partial charge in [-0.3, -0.25) is 4.79 Å². The maximum absolute atomic E-state index is 11.4. The molecule has 1 atom stereocenters. The predicted molar refractivity (Wildman–Crippen MR) is 66.4 cm³/mol. The smallest absolute Gasteiger partial charge is 0.221 e. The maximum atomic E-state index is 11.4. The molecule has 0 saturated heterocycles. The molecular weight excluding hydrogens is 200 g/mol. The Bertz CT molecular complexity index is 311. The van der Waals surface area contributed by atoms with Crippen molar-refractivity contribution < 1.29 is 4.79 Å².